The molecule has 1 unspecified atom stereocenters. The highest BCUT2D eigenvalue weighted by molar-refractivity contribution is 7.91. The molecule has 1 aliphatic heterocycles. The second-order valence-corrected chi connectivity index (χ2v) is 8.34. The fraction of sp³-hybridized carbons (Fsp3) is 0.923. The van der Waals surface area contributed by atoms with E-state index in [9.17, 15) is 13.2 Å². The largest absolute Gasteiger partial charge is 0.321 e. The van der Waals surface area contributed by atoms with Gasteiger partial charge in [-0.3, -0.25) is 4.79 Å². The number of carbonyl (C=O) groups is 1. The van der Waals surface area contributed by atoms with Gasteiger partial charge < -0.3 is 5.73 Å². The van der Waals surface area contributed by atoms with Crippen LogP contribution in [0.5, 0.6) is 0 Å². The normalized spacial score (nSPS) is 22.7. The number of ketones is 1. The molecule has 4 nitrogen and oxygen atoms in total. The molecule has 0 radical (unpaired) electrons. The van der Waals surface area contributed by atoms with E-state index in [4.69, 9.17) is 5.73 Å². The van der Waals surface area contributed by atoms with E-state index in [0.29, 0.717) is 19.3 Å². The summed E-state index contributed by atoms with van der Waals surface area (Å²) in [5, 5.41) is 0. The molecule has 0 aromatic rings. The van der Waals surface area contributed by atoms with Crippen LogP contribution in [0, 0.1) is 11.3 Å². The van der Waals surface area contributed by atoms with Crippen LogP contribution < -0.4 is 5.73 Å². The Balaban J connectivity index is 2.51. The van der Waals surface area contributed by atoms with Crippen molar-refractivity contribution in [3.63, 3.8) is 0 Å². The summed E-state index contributed by atoms with van der Waals surface area (Å²) in [5.41, 5.74) is 5.60. The third-order valence-corrected chi connectivity index (χ3v) is 5.86. The molecule has 18 heavy (non-hydrogen) atoms. The first-order valence-electron chi connectivity index (χ1n) is 6.68. The molecule has 5 heteroatoms. The summed E-state index contributed by atoms with van der Waals surface area (Å²) in [6, 6.07) is -0.453. The maximum atomic E-state index is 12.2. The lowest BCUT2D eigenvalue weighted by molar-refractivity contribution is -0.129. The summed E-state index contributed by atoms with van der Waals surface area (Å²) >= 11 is 0. The monoisotopic (exact) mass is 275 g/mol. The van der Waals surface area contributed by atoms with Gasteiger partial charge in [0.05, 0.1) is 17.5 Å². The van der Waals surface area contributed by atoms with E-state index >= 15 is 0 Å². The molecule has 0 aromatic carbocycles. The van der Waals surface area contributed by atoms with Gasteiger partial charge in [-0.05, 0) is 31.6 Å². The highest BCUT2D eigenvalue weighted by Gasteiger charge is 2.33. The van der Waals surface area contributed by atoms with Crippen molar-refractivity contribution in [1.82, 2.24) is 0 Å². The lowest BCUT2D eigenvalue weighted by atomic mass is 9.79. The van der Waals surface area contributed by atoms with E-state index < -0.39 is 15.9 Å². The van der Waals surface area contributed by atoms with Crippen LogP contribution in [0.25, 0.3) is 0 Å². The Morgan fingerprint density at radius 3 is 2.28 bits per heavy atom. The van der Waals surface area contributed by atoms with Gasteiger partial charge in [0.15, 0.2) is 5.78 Å². The summed E-state index contributed by atoms with van der Waals surface area (Å²) in [5.74, 6) is 0.865. The van der Waals surface area contributed by atoms with Crippen molar-refractivity contribution in [3.8, 4) is 0 Å². The predicted octanol–water partition coefficient (Wildman–Crippen LogP) is 1.53. The molecule has 2 N–H and O–H groups in total. The number of nitrogens with two attached hydrogens (primary N) is 1. The zero-order valence-electron chi connectivity index (χ0n) is 11.6. The SMILES string of the molecule is CCC(C)(C)C(=O)C(N)CC1CCS(=O)(=O)CC1. The van der Waals surface area contributed by atoms with Gasteiger partial charge in [-0.1, -0.05) is 20.8 Å². The highest BCUT2D eigenvalue weighted by Crippen LogP contribution is 2.27. The van der Waals surface area contributed by atoms with Crippen LogP contribution in [-0.2, 0) is 14.6 Å². The van der Waals surface area contributed by atoms with Crippen LogP contribution >= 0.6 is 0 Å². The van der Waals surface area contributed by atoms with Gasteiger partial charge in [0.2, 0.25) is 0 Å². The minimum atomic E-state index is -2.83. The van der Waals surface area contributed by atoms with Crippen molar-refractivity contribution in [2.75, 3.05) is 11.5 Å². The fourth-order valence-electron chi connectivity index (χ4n) is 2.32. The first kappa shape index (κ1) is 15.6. The zero-order valence-corrected chi connectivity index (χ0v) is 12.4. The average molecular weight is 275 g/mol. The Bertz CT molecular complexity index is 386. The minimum Gasteiger partial charge on any atom is -0.321 e. The second kappa shape index (κ2) is 5.70. The first-order valence-corrected chi connectivity index (χ1v) is 8.50. The molecule has 0 saturated carbocycles. The third-order valence-electron chi connectivity index (χ3n) is 4.15. The van der Waals surface area contributed by atoms with E-state index in [-0.39, 0.29) is 28.6 Å². The van der Waals surface area contributed by atoms with Crippen LogP contribution in [0.4, 0.5) is 0 Å². The quantitative estimate of drug-likeness (QED) is 0.825. The lowest BCUT2D eigenvalue weighted by Gasteiger charge is -2.29. The van der Waals surface area contributed by atoms with Gasteiger partial charge in [-0.15, -0.1) is 0 Å². The minimum absolute atomic E-state index is 0.0958. The van der Waals surface area contributed by atoms with Crippen molar-refractivity contribution < 1.29 is 13.2 Å². The number of carbonyl (C=O) groups excluding carboxylic acids is 1. The molecule has 0 amide bonds. The molecule has 0 spiro atoms. The van der Waals surface area contributed by atoms with Crippen LogP contribution in [0.1, 0.15) is 46.5 Å². The summed E-state index contributed by atoms with van der Waals surface area (Å²) in [6.07, 6.45) is 2.70. The lowest BCUT2D eigenvalue weighted by Crippen LogP contribution is -2.42. The molecule has 1 saturated heterocycles. The van der Waals surface area contributed by atoms with Gasteiger partial charge in [-0.25, -0.2) is 8.42 Å². The van der Waals surface area contributed by atoms with Crippen LogP contribution in [0.3, 0.4) is 0 Å². The molecule has 106 valence electrons. The summed E-state index contributed by atoms with van der Waals surface area (Å²) in [6.45, 7) is 5.82. The molecule has 0 bridgehead atoms. The van der Waals surface area contributed by atoms with E-state index in [2.05, 4.69) is 0 Å². The van der Waals surface area contributed by atoms with Crippen molar-refractivity contribution in [2.24, 2.45) is 17.1 Å². The number of hydrogen-bond acceptors (Lipinski definition) is 4. The smallest absolute Gasteiger partial charge is 0.155 e. The van der Waals surface area contributed by atoms with Crippen LogP contribution in [0.15, 0.2) is 0 Å². The average Bonchev–Trinajstić information content (AvgIpc) is 2.30. The van der Waals surface area contributed by atoms with Gasteiger partial charge in [0.25, 0.3) is 0 Å². The van der Waals surface area contributed by atoms with Gasteiger partial charge >= 0.3 is 0 Å². The maximum absolute atomic E-state index is 12.2. The van der Waals surface area contributed by atoms with Crippen LogP contribution in [0.2, 0.25) is 0 Å². The Hall–Kier alpha value is -0.420. The topological polar surface area (TPSA) is 77.2 Å². The number of hydrogen-bond donors (Lipinski definition) is 1. The Morgan fingerprint density at radius 2 is 1.83 bits per heavy atom. The number of rotatable bonds is 5. The molecule has 0 aliphatic carbocycles. The highest BCUT2D eigenvalue weighted by atomic mass is 32.2. The second-order valence-electron chi connectivity index (χ2n) is 6.04. The summed E-state index contributed by atoms with van der Waals surface area (Å²) in [7, 11) is -2.83. The summed E-state index contributed by atoms with van der Waals surface area (Å²) < 4.78 is 22.6. The van der Waals surface area contributed by atoms with Gasteiger partial charge in [0, 0.05) is 5.41 Å². The third kappa shape index (κ3) is 4.05. The van der Waals surface area contributed by atoms with Crippen molar-refractivity contribution in [1.29, 1.82) is 0 Å². The predicted molar refractivity (Wildman–Crippen MR) is 73.0 cm³/mol. The fourth-order valence-corrected chi connectivity index (χ4v) is 3.91. The molecule has 1 heterocycles. The van der Waals surface area contributed by atoms with Gasteiger partial charge in [0.1, 0.15) is 9.84 Å². The molecule has 1 fully saturated rings. The maximum Gasteiger partial charge on any atom is 0.155 e. The Labute approximate surface area is 110 Å². The first-order chi connectivity index (χ1) is 8.18. The molecular formula is C13H25NO3S. The van der Waals surface area contributed by atoms with Gasteiger partial charge in [-0.2, -0.15) is 0 Å². The van der Waals surface area contributed by atoms with E-state index in [0.717, 1.165) is 6.42 Å². The summed E-state index contributed by atoms with van der Waals surface area (Å²) in [4.78, 5) is 12.2. The zero-order chi connectivity index (χ0) is 14.0. The molecule has 1 rings (SSSR count). The van der Waals surface area contributed by atoms with Crippen molar-refractivity contribution in [2.45, 2.75) is 52.5 Å². The van der Waals surface area contributed by atoms with Crippen molar-refractivity contribution in [3.05, 3.63) is 0 Å². The number of sulfone groups is 1. The molecule has 1 atom stereocenters. The number of Topliss-reactive ketones (excluding diaryl/α,β-unsaturated/α-hetero) is 1. The van der Waals surface area contributed by atoms with Crippen molar-refractivity contribution >= 4 is 15.6 Å². The van der Waals surface area contributed by atoms with E-state index in [1.54, 1.807) is 0 Å². The van der Waals surface area contributed by atoms with E-state index in [1.807, 2.05) is 20.8 Å². The molecular weight excluding hydrogens is 250 g/mol. The van der Waals surface area contributed by atoms with Crippen LogP contribution in [-0.4, -0.2) is 31.7 Å². The van der Waals surface area contributed by atoms with E-state index in [1.165, 1.54) is 0 Å². The molecule has 0 aromatic heterocycles. The Kier molecular flexibility index (Phi) is 4.95. The molecule has 1 aliphatic rings. The Morgan fingerprint density at radius 1 is 1.33 bits per heavy atom. The standard InChI is InChI=1S/C13H25NO3S/c1-4-13(2,3)12(15)11(14)9-10-5-7-18(16,17)8-6-10/h10-11H,4-9,14H2,1-3H3.